The quantitative estimate of drug-likeness (QED) is 0.579. The molecule has 0 spiro atoms. The number of nitrogens with zero attached hydrogens (tertiary/aromatic N) is 1. The van der Waals surface area contributed by atoms with Crippen LogP contribution in [0, 0.1) is 0 Å². The molecule has 2 fully saturated rings. The third kappa shape index (κ3) is 1.63. The highest BCUT2D eigenvalue weighted by Gasteiger charge is 2.32. The molecule has 1 heterocycles. The fourth-order valence-corrected chi connectivity index (χ4v) is 2.18. The summed E-state index contributed by atoms with van der Waals surface area (Å²) in [6.45, 7) is 2.14. The van der Waals surface area contributed by atoms with Gasteiger partial charge in [-0.3, -0.25) is 0 Å². The van der Waals surface area contributed by atoms with Crippen molar-refractivity contribution in [2.45, 2.75) is 43.9 Å². The molecule has 12 heavy (non-hydrogen) atoms. The maximum atomic E-state index is 9.30. The number of hydrogen-bond acceptors (Lipinski definition) is 3. The second-order valence-electron chi connectivity index (χ2n) is 4.15. The normalized spacial score (nSPS) is 39.5. The lowest BCUT2D eigenvalue weighted by molar-refractivity contribution is 0.0323. The summed E-state index contributed by atoms with van der Waals surface area (Å²) in [5.41, 5.74) is 5.73. The van der Waals surface area contributed by atoms with E-state index in [0.29, 0.717) is 6.04 Å². The maximum absolute atomic E-state index is 9.30. The summed E-state index contributed by atoms with van der Waals surface area (Å²) in [5.74, 6) is 0. The lowest BCUT2D eigenvalue weighted by atomic mass is 9.85. The van der Waals surface area contributed by atoms with Gasteiger partial charge in [0.2, 0.25) is 0 Å². The highest BCUT2D eigenvalue weighted by Crippen LogP contribution is 2.26. The molecule has 0 aromatic rings. The molecule has 1 aliphatic heterocycles. The van der Waals surface area contributed by atoms with E-state index in [9.17, 15) is 5.11 Å². The van der Waals surface area contributed by atoms with Crippen LogP contribution in [0.5, 0.6) is 0 Å². The molecule has 3 heteroatoms. The van der Waals surface area contributed by atoms with E-state index >= 15 is 0 Å². The van der Waals surface area contributed by atoms with Crippen LogP contribution in [0.15, 0.2) is 0 Å². The third-order valence-electron chi connectivity index (χ3n) is 3.17. The van der Waals surface area contributed by atoms with Gasteiger partial charge in [0, 0.05) is 25.2 Å². The Morgan fingerprint density at radius 2 is 1.75 bits per heavy atom. The zero-order valence-electron chi connectivity index (χ0n) is 7.45. The second kappa shape index (κ2) is 3.32. The Labute approximate surface area is 73.5 Å². The van der Waals surface area contributed by atoms with Crippen LogP contribution < -0.4 is 5.73 Å². The van der Waals surface area contributed by atoms with Gasteiger partial charge in [0.25, 0.3) is 0 Å². The van der Waals surface area contributed by atoms with Crippen molar-refractivity contribution in [3.8, 4) is 0 Å². The Morgan fingerprint density at radius 1 is 1.17 bits per heavy atom. The Balaban J connectivity index is 1.75. The van der Waals surface area contributed by atoms with Gasteiger partial charge in [-0.25, -0.2) is 0 Å². The Hall–Kier alpha value is -0.120. The van der Waals surface area contributed by atoms with E-state index in [1.54, 1.807) is 0 Å². The van der Waals surface area contributed by atoms with Crippen LogP contribution in [-0.2, 0) is 0 Å². The van der Waals surface area contributed by atoms with Gasteiger partial charge in [-0.15, -0.1) is 0 Å². The van der Waals surface area contributed by atoms with Crippen LogP contribution in [0.25, 0.3) is 0 Å². The van der Waals surface area contributed by atoms with Crippen LogP contribution >= 0.6 is 0 Å². The summed E-state index contributed by atoms with van der Waals surface area (Å²) in [4.78, 5) is 2.48. The Bertz CT molecular complexity index is 149. The Morgan fingerprint density at radius 3 is 2.25 bits per heavy atom. The first-order chi connectivity index (χ1) is 5.75. The van der Waals surface area contributed by atoms with E-state index in [1.807, 2.05) is 0 Å². The lowest BCUT2D eigenvalue weighted by Gasteiger charge is -2.43. The number of aliphatic hydroxyl groups excluding tert-OH is 1. The summed E-state index contributed by atoms with van der Waals surface area (Å²) in [6, 6.07) is 1.18. The van der Waals surface area contributed by atoms with Crippen molar-refractivity contribution in [3.05, 3.63) is 0 Å². The minimum Gasteiger partial charge on any atom is -0.393 e. The first-order valence-corrected chi connectivity index (χ1v) is 4.93. The predicted molar refractivity (Wildman–Crippen MR) is 47.8 cm³/mol. The topological polar surface area (TPSA) is 49.5 Å². The van der Waals surface area contributed by atoms with Gasteiger partial charge in [-0.2, -0.15) is 0 Å². The first kappa shape index (κ1) is 8.48. The van der Waals surface area contributed by atoms with Crippen molar-refractivity contribution in [3.63, 3.8) is 0 Å². The summed E-state index contributed by atoms with van der Waals surface area (Å²) in [6.07, 6.45) is 4.18. The Kier molecular flexibility index (Phi) is 2.35. The fraction of sp³-hybridized carbons (Fsp3) is 1.00. The predicted octanol–water partition coefficient (Wildman–Crippen LogP) is -0.0672. The summed E-state index contributed by atoms with van der Waals surface area (Å²) in [7, 11) is 0. The molecular formula is C9H18N2O. The zero-order chi connectivity index (χ0) is 8.55. The molecule has 0 amide bonds. The molecule has 3 N–H and O–H groups in total. The molecule has 3 nitrogen and oxygen atoms in total. The largest absolute Gasteiger partial charge is 0.393 e. The van der Waals surface area contributed by atoms with Crippen molar-refractivity contribution in [1.82, 2.24) is 4.90 Å². The van der Waals surface area contributed by atoms with Crippen molar-refractivity contribution < 1.29 is 5.11 Å². The molecule has 0 radical (unpaired) electrons. The van der Waals surface area contributed by atoms with Gasteiger partial charge in [-0.05, 0) is 25.7 Å². The average Bonchev–Trinajstić information content (AvgIpc) is 2.01. The monoisotopic (exact) mass is 170 g/mol. The van der Waals surface area contributed by atoms with Gasteiger partial charge in [-0.1, -0.05) is 0 Å². The molecular weight excluding hydrogens is 152 g/mol. The lowest BCUT2D eigenvalue weighted by Crippen LogP contribution is -2.53. The van der Waals surface area contributed by atoms with E-state index in [0.717, 1.165) is 44.8 Å². The van der Waals surface area contributed by atoms with Gasteiger partial charge in [0.05, 0.1) is 6.10 Å². The van der Waals surface area contributed by atoms with Crippen molar-refractivity contribution >= 4 is 0 Å². The molecule has 0 unspecified atom stereocenters. The second-order valence-corrected chi connectivity index (χ2v) is 4.15. The van der Waals surface area contributed by atoms with Gasteiger partial charge >= 0.3 is 0 Å². The number of piperidine rings is 1. The molecule has 1 saturated heterocycles. The molecule has 0 aromatic carbocycles. The summed E-state index contributed by atoms with van der Waals surface area (Å²) < 4.78 is 0. The van der Waals surface area contributed by atoms with E-state index in [-0.39, 0.29) is 6.10 Å². The standard InChI is InChI=1S/C9H18N2O/c10-7-5-8(6-7)11-3-1-9(12)2-4-11/h7-9,12H,1-6,10H2. The zero-order valence-corrected chi connectivity index (χ0v) is 7.45. The smallest absolute Gasteiger partial charge is 0.0564 e. The third-order valence-corrected chi connectivity index (χ3v) is 3.17. The maximum Gasteiger partial charge on any atom is 0.0564 e. The summed E-state index contributed by atoms with van der Waals surface area (Å²) >= 11 is 0. The minimum atomic E-state index is -0.0463. The molecule has 0 bridgehead atoms. The average molecular weight is 170 g/mol. The molecule has 0 aromatic heterocycles. The molecule has 1 aliphatic carbocycles. The van der Waals surface area contributed by atoms with Crippen LogP contribution in [0.3, 0.4) is 0 Å². The van der Waals surface area contributed by atoms with Crippen molar-refractivity contribution in [2.24, 2.45) is 5.73 Å². The molecule has 0 atom stereocenters. The summed E-state index contributed by atoms with van der Waals surface area (Å²) in [5, 5.41) is 9.30. The van der Waals surface area contributed by atoms with Crippen LogP contribution in [0.4, 0.5) is 0 Å². The number of hydrogen-bond donors (Lipinski definition) is 2. The van der Waals surface area contributed by atoms with Crippen molar-refractivity contribution in [2.75, 3.05) is 13.1 Å². The SMILES string of the molecule is NC1CC(N2CCC(O)CC2)C1. The molecule has 70 valence electrons. The van der Waals surface area contributed by atoms with Crippen LogP contribution in [-0.4, -0.2) is 41.3 Å². The highest BCUT2D eigenvalue weighted by molar-refractivity contribution is 4.91. The highest BCUT2D eigenvalue weighted by atomic mass is 16.3. The number of aliphatic hydroxyl groups is 1. The van der Waals surface area contributed by atoms with Gasteiger partial charge in [0.15, 0.2) is 0 Å². The minimum absolute atomic E-state index is 0.0463. The van der Waals surface area contributed by atoms with E-state index in [2.05, 4.69) is 4.90 Å². The van der Waals surface area contributed by atoms with E-state index in [1.165, 1.54) is 0 Å². The molecule has 2 aliphatic rings. The number of rotatable bonds is 1. The van der Waals surface area contributed by atoms with Crippen LogP contribution in [0.1, 0.15) is 25.7 Å². The van der Waals surface area contributed by atoms with Gasteiger partial charge < -0.3 is 15.7 Å². The number of likely N-dealkylation sites (tertiary alicyclic amines) is 1. The van der Waals surface area contributed by atoms with E-state index < -0.39 is 0 Å². The molecule has 2 rings (SSSR count). The van der Waals surface area contributed by atoms with Gasteiger partial charge in [0.1, 0.15) is 0 Å². The molecule has 1 saturated carbocycles. The van der Waals surface area contributed by atoms with Crippen molar-refractivity contribution in [1.29, 1.82) is 0 Å². The van der Waals surface area contributed by atoms with Crippen LogP contribution in [0.2, 0.25) is 0 Å². The fourth-order valence-electron chi connectivity index (χ4n) is 2.18. The number of nitrogens with two attached hydrogens (primary N) is 1. The first-order valence-electron chi connectivity index (χ1n) is 4.93. The van der Waals surface area contributed by atoms with E-state index in [4.69, 9.17) is 5.73 Å².